The Morgan fingerprint density at radius 2 is 1.61 bits per heavy atom. The maximum absolute atomic E-state index is 12.8. The van der Waals surface area contributed by atoms with E-state index in [1.165, 1.54) is 21.3 Å². The first-order chi connectivity index (χ1) is 15.0. The summed E-state index contributed by atoms with van der Waals surface area (Å²) in [6.07, 6.45) is 0. The molecule has 1 aromatic heterocycles. The molecule has 0 saturated heterocycles. The van der Waals surface area contributed by atoms with Gasteiger partial charge in [0.25, 0.3) is 11.8 Å². The molecule has 2 N–H and O–H groups in total. The second kappa shape index (κ2) is 9.94. The van der Waals surface area contributed by atoms with Crippen molar-refractivity contribution >= 4 is 28.3 Å². The Kier molecular flexibility index (Phi) is 7.09. The lowest BCUT2D eigenvalue weighted by molar-refractivity contribution is 0.0953. The van der Waals surface area contributed by atoms with E-state index in [-0.39, 0.29) is 5.91 Å². The third kappa shape index (κ3) is 5.13. The second-order valence-corrected chi connectivity index (χ2v) is 7.47. The van der Waals surface area contributed by atoms with Gasteiger partial charge < -0.3 is 19.5 Å². The summed E-state index contributed by atoms with van der Waals surface area (Å²) in [7, 11) is 4.44. The van der Waals surface area contributed by atoms with Crippen molar-refractivity contribution in [3.63, 3.8) is 0 Å². The molecule has 8 nitrogen and oxygen atoms in total. The zero-order valence-electron chi connectivity index (χ0n) is 17.6. The molecule has 31 heavy (non-hydrogen) atoms. The van der Waals surface area contributed by atoms with E-state index in [4.69, 9.17) is 14.2 Å². The molecule has 0 aliphatic rings. The van der Waals surface area contributed by atoms with Crippen LogP contribution in [0.2, 0.25) is 0 Å². The topological polar surface area (TPSA) is 98.8 Å². The number of carbonyl (C=O) groups is 2. The van der Waals surface area contributed by atoms with Gasteiger partial charge in [0.2, 0.25) is 5.75 Å². The number of hydrogen-bond donors (Lipinski definition) is 2. The molecular weight excluding hydrogens is 418 g/mol. The number of amides is 2. The molecule has 162 valence electrons. The molecule has 9 heteroatoms. The minimum Gasteiger partial charge on any atom is -0.493 e. The van der Waals surface area contributed by atoms with Gasteiger partial charge in [0.15, 0.2) is 16.6 Å². The van der Waals surface area contributed by atoms with Crippen molar-refractivity contribution in [2.24, 2.45) is 0 Å². The standard InChI is InChI=1S/C22H23N3O5S/c1-13-19(21(27)23-12-14-8-6-5-7-9-14)31-22(24-13)25-20(26)15-10-16(28-2)18(30-4)17(11-15)29-3/h5-11H,12H2,1-4H3,(H,23,27)(H,24,25,26). The van der Waals surface area contributed by atoms with Gasteiger partial charge in [0.1, 0.15) is 4.88 Å². The Morgan fingerprint density at radius 3 is 2.19 bits per heavy atom. The van der Waals surface area contributed by atoms with Crippen LogP contribution in [-0.4, -0.2) is 38.1 Å². The number of nitrogens with zero attached hydrogens (tertiary/aromatic N) is 1. The van der Waals surface area contributed by atoms with Gasteiger partial charge in [-0.3, -0.25) is 14.9 Å². The molecule has 3 aromatic rings. The average molecular weight is 442 g/mol. The maximum Gasteiger partial charge on any atom is 0.263 e. The average Bonchev–Trinajstić information content (AvgIpc) is 3.16. The monoisotopic (exact) mass is 441 g/mol. The first-order valence-corrected chi connectivity index (χ1v) is 10.2. The van der Waals surface area contributed by atoms with Crippen LogP contribution in [0.3, 0.4) is 0 Å². The molecule has 1 heterocycles. The number of nitrogens with one attached hydrogen (secondary N) is 2. The van der Waals surface area contributed by atoms with Gasteiger partial charge in [-0.05, 0) is 24.6 Å². The van der Waals surface area contributed by atoms with E-state index >= 15 is 0 Å². The Bertz CT molecular complexity index is 1060. The smallest absolute Gasteiger partial charge is 0.263 e. The van der Waals surface area contributed by atoms with E-state index in [1.54, 1.807) is 19.1 Å². The molecule has 0 bridgehead atoms. The summed E-state index contributed by atoms with van der Waals surface area (Å²) in [5.74, 6) is 0.465. The minimum absolute atomic E-state index is 0.243. The molecular formula is C22H23N3O5S. The lowest BCUT2D eigenvalue weighted by atomic mass is 10.1. The third-order valence-electron chi connectivity index (χ3n) is 4.45. The van der Waals surface area contributed by atoms with Crippen LogP contribution >= 0.6 is 11.3 Å². The Hall–Kier alpha value is -3.59. The Morgan fingerprint density at radius 1 is 0.968 bits per heavy atom. The predicted octanol–water partition coefficient (Wildman–Crippen LogP) is 3.66. The molecule has 0 unspecified atom stereocenters. The van der Waals surface area contributed by atoms with Crippen molar-refractivity contribution in [2.45, 2.75) is 13.5 Å². The first-order valence-electron chi connectivity index (χ1n) is 9.37. The summed E-state index contributed by atoms with van der Waals surface area (Å²) in [6.45, 7) is 2.13. The van der Waals surface area contributed by atoms with Crippen molar-refractivity contribution in [1.29, 1.82) is 0 Å². The zero-order valence-corrected chi connectivity index (χ0v) is 18.5. The van der Waals surface area contributed by atoms with Gasteiger partial charge in [0, 0.05) is 12.1 Å². The number of rotatable bonds is 8. The second-order valence-electron chi connectivity index (χ2n) is 6.47. The molecule has 0 aliphatic carbocycles. The van der Waals surface area contributed by atoms with Crippen molar-refractivity contribution in [3.8, 4) is 17.2 Å². The van der Waals surface area contributed by atoms with Crippen LogP contribution in [0.25, 0.3) is 0 Å². The molecule has 0 fully saturated rings. The number of aromatic nitrogens is 1. The highest BCUT2D eigenvalue weighted by Gasteiger charge is 2.20. The molecule has 0 atom stereocenters. The fourth-order valence-corrected chi connectivity index (χ4v) is 3.78. The van der Waals surface area contributed by atoms with Gasteiger partial charge in [-0.1, -0.05) is 41.7 Å². The summed E-state index contributed by atoms with van der Waals surface area (Å²) in [5.41, 5.74) is 1.84. The maximum atomic E-state index is 12.8. The summed E-state index contributed by atoms with van der Waals surface area (Å²) in [4.78, 5) is 30.0. The number of thiazole rings is 1. The molecule has 0 radical (unpaired) electrons. The lowest BCUT2D eigenvalue weighted by Crippen LogP contribution is -2.22. The van der Waals surface area contributed by atoms with E-state index in [2.05, 4.69) is 15.6 Å². The zero-order chi connectivity index (χ0) is 22.4. The largest absolute Gasteiger partial charge is 0.493 e. The molecule has 0 spiro atoms. The number of anilines is 1. The Labute approximate surface area is 184 Å². The van der Waals surface area contributed by atoms with Crippen molar-refractivity contribution in [1.82, 2.24) is 10.3 Å². The van der Waals surface area contributed by atoms with E-state index in [1.807, 2.05) is 30.3 Å². The number of hydrogen-bond acceptors (Lipinski definition) is 7. The number of methoxy groups -OCH3 is 3. The van der Waals surface area contributed by atoms with Gasteiger partial charge in [-0.2, -0.15) is 0 Å². The third-order valence-corrected chi connectivity index (χ3v) is 5.52. The molecule has 2 aromatic carbocycles. The number of aryl methyl sites for hydroxylation is 1. The highest BCUT2D eigenvalue weighted by molar-refractivity contribution is 7.17. The van der Waals surface area contributed by atoms with E-state index < -0.39 is 5.91 Å². The summed E-state index contributed by atoms with van der Waals surface area (Å²) in [5, 5.41) is 5.91. The van der Waals surface area contributed by atoms with Crippen LogP contribution in [0.1, 0.15) is 31.3 Å². The SMILES string of the molecule is COc1cc(C(=O)Nc2nc(C)c(C(=O)NCc3ccccc3)s2)cc(OC)c1OC. The lowest BCUT2D eigenvalue weighted by Gasteiger charge is -2.13. The number of benzene rings is 2. The van der Waals surface area contributed by atoms with E-state index in [0.29, 0.717) is 45.1 Å². The summed E-state index contributed by atoms with van der Waals surface area (Å²) in [6, 6.07) is 12.7. The highest BCUT2D eigenvalue weighted by Crippen LogP contribution is 2.38. The quantitative estimate of drug-likeness (QED) is 0.554. The summed E-state index contributed by atoms with van der Waals surface area (Å²) >= 11 is 1.11. The van der Waals surface area contributed by atoms with E-state index in [0.717, 1.165) is 16.9 Å². The molecule has 2 amide bonds. The summed E-state index contributed by atoms with van der Waals surface area (Å²) < 4.78 is 15.8. The highest BCUT2D eigenvalue weighted by atomic mass is 32.1. The van der Waals surface area contributed by atoms with Crippen LogP contribution in [0.5, 0.6) is 17.2 Å². The van der Waals surface area contributed by atoms with Gasteiger partial charge in [-0.15, -0.1) is 0 Å². The van der Waals surface area contributed by atoms with Gasteiger partial charge in [-0.25, -0.2) is 4.98 Å². The van der Waals surface area contributed by atoms with Crippen LogP contribution in [0.15, 0.2) is 42.5 Å². The first kappa shape index (κ1) is 22.1. The van der Waals surface area contributed by atoms with Crippen molar-refractivity contribution in [2.75, 3.05) is 26.6 Å². The van der Waals surface area contributed by atoms with Crippen LogP contribution < -0.4 is 24.8 Å². The van der Waals surface area contributed by atoms with Crippen LogP contribution in [0, 0.1) is 6.92 Å². The fraction of sp³-hybridized carbons (Fsp3) is 0.227. The van der Waals surface area contributed by atoms with Crippen LogP contribution in [-0.2, 0) is 6.54 Å². The molecule has 3 rings (SSSR count). The Balaban J connectivity index is 1.73. The van der Waals surface area contributed by atoms with E-state index in [9.17, 15) is 9.59 Å². The molecule has 0 saturated carbocycles. The van der Waals surface area contributed by atoms with Crippen LogP contribution in [0.4, 0.5) is 5.13 Å². The molecule has 0 aliphatic heterocycles. The number of carbonyl (C=O) groups excluding carboxylic acids is 2. The predicted molar refractivity (Wildman–Crippen MR) is 119 cm³/mol. The van der Waals surface area contributed by atoms with Gasteiger partial charge >= 0.3 is 0 Å². The number of ether oxygens (including phenoxy) is 3. The minimum atomic E-state index is -0.413. The fourth-order valence-electron chi connectivity index (χ4n) is 2.90. The van der Waals surface area contributed by atoms with Crippen molar-refractivity contribution in [3.05, 3.63) is 64.2 Å². The van der Waals surface area contributed by atoms with Crippen molar-refractivity contribution < 1.29 is 23.8 Å². The van der Waals surface area contributed by atoms with Gasteiger partial charge in [0.05, 0.1) is 27.0 Å². The normalized spacial score (nSPS) is 10.3.